The molecule has 2 rings (SSSR count). The predicted octanol–water partition coefficient (Wildman–Crippen LogP) is 1.64. The first-order chi connectivity index (χ1) is 9.10. The molecule has 0 radical (unpaired) electrons. The van der Waals surface area contributed by atoms with Gasteiger partial charge in [-0.05, 0) is 39.0 Å². The van der Waals surface area contributed by atoms with Gasteiger partial charge in [-0.1, -0.05) is 13.3 Å². The molecule has 19 heavy (non-hydrogen) atoms. The third-order valence-corrected chi connectivity index (χ3v) is 4.78. The van der Waals surface area contributed by atoms with Gasteiger partial charge in [-0.25, -0.2) is 0 Å². The molecule has 3 unspecified atom stereocenters. The molecule has 2 fully saturated rings. The summed E-state index contributed by atoms with van der Waals surface area (Å²) in [4.78, 5) is 14.4. The van der Waals surface area contributed by atoms with Crippen LogP contribution in [0.1, 0.15) is 58.8 Å². The number of piperidine rings is 2. The van der Waals surface area contributed by atoms with Gasteiger partial charge < -0.3 is 11.1 Å². The fourth-order valence-corrected chi connectivity index (χ4v) is 3.57. The summed E-state index contributed by atoms with van der Waals surface area (Å²) >= 11 is 0. The highest BCUT2D eigenvalue weighted by molar-refractivity contribution is 5.76. The summed E-state index contributed by atoms with van der Waals surface area (Å²) in [6, 6.07) is 1.92. The third-order valence-electron chi connectivity index (χ3n) is 4.78. The summed E-state index contributed by atoms with van der Waals surface area (Å²) in [6.07, 6.45) is 7.71. The van der Waals surface area contributed by atoms with Crippen molar-refractivity contribution in [2.24, 2.45) is 5.73 Å². The lowest BCUT2D eigenvalue weighted by molar-refractivity contribution is -0.122. The van der Waals surface area contributed by atoms with Crippen molar-refractivity contribution in [1.82, 2.24) is 10.2 Å². The van der Waals surface area contributed by atoms with E-state index in [2.05, 4.69) is 24.1 Å². The number of nitrogens with zero attached hydrogens (tertiary/aromatic N) is 1. The maximum atomic E-state index is 11.9. The van der Waals surface area contributed by atoms with Crippen LogP contribution in [0.25, 0.3) is 0 Å². The Labute approximate surface area is 117 Å². The van der Waals surface area contributed by atoms with Crippen molar-refractivity contribution in [3.05, 3.63) is 0 Å². The first-order valence-corrected chi connectivity index (χ1v) is 7.90. The van der Waals surface area contributed by atoms with E-state index in [1.54, 1.807) is 0 Å². The number of rotatable bonds is 5. The number of hydrogen-bond donors (Lipinski definition) is 2. The van der Waals surface area contributed by atoms with Crippen molar-refractivity contribution in [1.29, 1.82) is 0 Å². The van der Waals surface area contributed by atoms with E-state index in [0.29, 0.717) is 30.6 Å². The Kier molecular flexibility index (Phi) is 5.22. The lowest BCUT2D eigenvalue weighted by Gasteiger charge is -2.48. The van der Waals surface area contributed by atoms with E-state index in [1.807, 2.05) is 0 Å². The average Bonchev–Trinajstić information content (AvgIpc) is 2.36. The Morgan fingerprint density at radius 2 is 2.00 bits per heavy atom. The largest absolute Gasteiger partial charge is 0.354 e. The van der Waals surface area contributed by atoms with Crippen LogP contribution in [0.3, 0.4) is 0 Å². The SMILES string of the molecule is CCC(C)NC(=O)CCN1C2CCCC1CC(N)C2. The Bertz CT molecular complexity index is 294. The maximum Gasteiger partial charge on any atom is 0.221 e. The molecule has 0 saturated carbocycles. The smallest absolute Gasteiger partial charge is 0.221 e. The van der Waals surface area contributed by atoms with Crippen LogP contribution in [0.5, 0.6) is 0 Å². The van der Waals surface area contributed by atoms with Gasteiger partial charge in [0.25, 0.3) is 0 Å². The van der Waals surface area contributed by atoms with Crippen LogP contribution in [-0.4, -0.2) is 41.5 Å². The number of nitrogens with one attached hydrogen (secondary N) is 1. The summed E-state index contributed by atoms with van der Waals surface area (Å²) in [7, 11) is 0. The highest BCUT2D eigenvalue weighted by atomic mass is 16.1. The van der Waals surface area contributed by atoms with E-state index in [0.717, 1.165) is 25.8 Å². The predicted molar refractivity (Wildman–Crippen MR) is 77.9 cm³/mol. The lowest BCUT2D eigenvalue weighted by atomic mass is 9.82. The fraction of sp³-hybridized carbons (Fsp3) is 0.933. The van der Waals surface area contributed by atoms with Crippen molar-refractivity contribution in [2.75, 3.05) is 6.54 Å². The van der Waals surface area contributed by atoms with Crippen LogP contribution in [0, 0.1) is 0 Å². The van der Waals surface area contributed by atoms with Crippen LogP contribution in [0.2, 0.25) is 0 Å². The van der Waals surface area contributed by atoms with Crippen molar-refractivity contribution < 1.29 is 4.79 Å². The summed E-state index contributed by atoms with van der Waals surface area (Å²) in [5.41, 5.74) is 6.12. The number of carbonyl (C=O) groups is 1. The maximum absolute atomic E-state index is 11.9. The summed E-state index contributed by atoms with van der Waals surface area (Å²) < 4.78 is 0. The monoisotopic (exact) mass is 267 g/mol. The Balaban J connectivity index is 1.80. The normalized spacial score (nSPS) is 32.9. The first-order valence-electron chi connectivity index (χ1n) is 7.90. The average molecular weight is 267 g/mol. The number of amides is 1. The lowest BCUT2D eigenvalue weighted by Crippen LogP contribution is -2.55. The fourth-order valence-electron chi connectivity index (χ4n) is 3.57. The van der Waals surface area contributed by atoms with Crippen molar-refractivity contribution >= 4 is 5.91 Å². The molecule has 1 amide bonds. The van der Waals surface area contributed by atoms with E-state index in [-0.39, 0.29) is 5.91 Å². The molecule has 3 N–H and O–H groups in total. The van der Waals surface area contributed by atoms with Crippen LogP contribution in [0.15, 0.2) is 0 Å². The van der Waals surface area contributed by atoms with E-state index >= 15 is 0 Å². The van der Waals surface area contributed by atoms with Crippen LogP contribution < -0.4 is 11.1 Å². The van der Waals surface area contributed by atoms with Crippen molar-refractivity contribution in [3.63, 3.8) is 0 Å². The topological polar surface area (TPSA) is 58.4 Å². The molecule has 0 aromatic carbocycles. The Hall–Kier alpha value is -0.610. The molecule has 0 aromatic heterocycles. The summed E-state index contributed by atoms with van der Waals surface area (Å²) in [5, 5.41) is 3.05. The molecule has 2 saturated heterocycles. The third kappa shape index (κ3) is 3.93. The minimum Gasteiger partial charge on any atom is -0.354 e. The quantitative estimate of drug-likeness (QED) is 0.796. The van der Waals surface area contributed by atoms with Gasteiger partial charge >= 0.3 is 0 Å². The highest BCUT2D eigenvalue weighted by Crippen LogP contribution is 2.33. The molecule has 0 spiro atoms. The molecular formula is C15H29N3O. The minimum atomic E-state index is 0.197. The molecule has 0 aromatic rings. The summed E-state index contributed by atoms with van der Waals surface area (Å²) in [6.45, 7) is 5.07. The number of fused-ring (bicyclic) bond motifs is 2. The zero-order valence-corrected chi connectivity index (χ0v) is 12.4. The number of hydrogen-bond acceptors (Lipinski definition) is 3. The molecule has 2 aliphatic rings. The zero-order valence-electron chi connectivity index (χ0n) is 12.4. The highest BCUT2D eigenvalue weighted by Gasteiger charge is 2.36. The molecule has 0 aliphatic carbocycles. The van der Waals surface area contributed by atoms with Crippen LogP contribution >= 0.6 is 0 Å². The van der Waals surface area contributed by atoms with E-state index in [4.69, 9.17) is 5.73 Å². The van der Waals surface area contributed by atoms with Gasteiger partial charge in [0.05, 0.1) is 0 Å². The second kappa shape index (κ2) is 6.71. The van der Waals surface area contributed by atoms with E-state index in [1.165, 1.54) is 19.3 Å². The molecular weight excluding hydrogens is 238 g/mol. The molecule has 4 heteroatoms. The second-order valence-corrected chi connectivity index (χ2v) is 6.33. The van der Waals surface area contributed by atoms with Crippen LogP contribution in [-0.2, 0) is 4.79 Å². The second-order valence-electron chi connectivity index (χ2n) is 6.33. The molecule has 110 valence electrons. The van der Waals surface area contributed by atoms with Gasteiger partial charge in [0, 0.05) is 37.1 Å². The summed E-state index contributed by atoms with van der Waals surface area (Å²) in [5.74, 6) is 0.197. The molecule has 3 atom stereocenters. The minimum absolute atomic E-state index is 0.197. The van der Waals surface area contributed by atoms with Gasteiger partial charge in [-0.3, -0.25) is 9.69 Å². The van der Waals surface area contributed by atoms with Crippen molar-refractivity contribution in [3.8, 4) is 0 Å². The molecule has 2 heterocycles. The molecule has 2 bridgehead atoms. The Morgan fingerprint density at radius 1 is 1.37 bits per heavy atom. The first kappa shape index (κ1) is 14.8. The van der Waals surface area contributed by atoms with Gasteiger partial charge in [0.1, 0.15) is 0 Å². The van der Waals surface area contributed by atoms with Gasteiger partial charge in [-0.2, -0.15) is 0 Å². The zero-order chi connectivity index (χ0) is 13.8. The number of nitrogens with two attached hydrogens (primary N) is 1. The molecule has 2 aliphatic heterocycles. The van der Waals surface area contributed by atoms with Gasteiger partial charge in [0.15, 0.2) is 0 Å². The van der Waals surface area contributed by atoms with E-state index < -0.39 is 0 Å². The van der Waals surface area contributed by atoms with Gasteiger partial charge in [0.2, 0.25) is 5.91 Å². The molecule has 4 nitrogen and oxygen atoms in total. The van der Waals surface area contributed by atoms with E-state index in [9.17, 15) is 4.79 Å². The van der Waals surface area contributed by atoms with Crippen LogP contribution in [0.4, 0.5) is 0 Å². The standard InChI is InChI=1S/C15H29N3O/c1-3-11(2)17-15(19)7-8-18-13-5-4-6-14(18)10-12(16)9-13/h11-14H,3-10,16H2,1-2H3,(H,17,19). The number of carbonyl (C=O) groups excluding carboxylic acids is 1. The van der Waals surface area contributed by atoms with Crippen molar-refractivity contribution in [2.45, 2.75) is 83.0 Å². The Morgan fingerprint density at radius 3 is 2.58 bits per heavy atom. The van der Waals surface area contributed by atoms with Gasteiger partial charge in [-0.15, -0.1) is 0 Å².